The smallest absolute Gasteiger partial charge is 0.316 e. The molecule has 0 rings (SSSR count). The molecule has 0 aromatic heterocycles. The van der Waals surface area contributed by atoms with Gasteiger partial charge in [-0.2, -0.15) is 0 Å². The fraction of sp³-hybridized carbons (Fsp3) is 0.900. The molecule has 1 atom stereocenters. The van der Waals surface area contributed by atoms with Crippen molar-refractivity contribution in [2.24, 2.45) is 5.92 Å². The van der Waals surface area contributed by atoms with Gasteiger partial charge in [0.1, 0.15) is 10.9 Å². The van der Waals surface area contributed by atoms with E-state index in [1.165, 1.54) is 101 Å². The van der Waals surface area contributed by atoms with Crippen LogP contribution in [0, 0.1) is 5.92 Å². The van der Waals surface area contributed by atoms with E-state index >= 15 is 0 Å². The van der Waals surface area contributed by atoms with E-state index in [0.29, 0.717) is 13.2 Å². The van der Waals surface area contributed by atoms with Crippen molar-refractivity contribution >= 4 is 42.0 Å². The summed E-state index contributed by atoms with van der Waals surface area (Å²) in [5.74, 6) is -1.70. The molecule has 1 unspecified atom stereocenters. The number of carbonyl (C=O) groups excluding carboxylic acids is 2. The summed E-state index contributed by atoms with van der Waals surface area (Å²) in [4.78, 5) is 25.3. The van der Waals surface area contributed by atoms with Gasteiger partial charge in [0.05, 0.1) is 19.6 Å². The summed E-state index contributed by atoms with van der Waals surface area (Å²) in [5, 5.41) is 0. The average Bonchev–Trinajstić information content (AvgIpc) is 2.88. The van der Waals surface area contributed by atoms with Crippen molar-refractivity contribution in [1.82, 2.24) is 4.31 Å². The molecule has 37 heavy (non-hydrogen) atoms. The standard InChI is InChI=1S/C30H57NO4S2/c1-4-6-8-10-12-14-16-18-20-22-24-34-28(32)26-27(29(36)31(3)37)30(33)35-25-23-21-19-17-15-13-11-9-7-5-2/h27,37H,4-26H2,1-3H3. The first-order valence-electron chi connectivity index (χ1n) is 15.2. The highest BCUT2D eigenvalue weighted by molar-refractivity contribution is 7.84. The molecule has 0 saturated carbocycles. The van der Waals surface area contributed by atoms with Crippen LogP contribution in [0.5, 0.6) is 0 Å². The Kier molecular flexibility index (Phi) is 26.2. The van der Waals surface area contributed by atoms with Crippen molar-refractivity contribution in [3.8, 4) is 0 Å². The van der Waals surface area contributed by atoms with Crippen LogP contribution in [0.2, 0.25) is 0 Å². The molecule has 0 fully saturated rings. The zero-order chi connectivity index (χ0) is 27.6. The second-order valence-electron chi connectivity index (χ2n) is 10.4. The Hall–Kier alpha value is -0.820. The first-order valence-corrected chi connectivity index (χ1v) is 16.0. The molecule has 0 radical (unpaired) electrons. The molecule has 0 amide bonds. The Balaban J connectivity index is 4.02. The summed E-state index contributed by atoms with van der Waals surface area (Å²) in [6.07, 6.45) is 24.4. The number of nitrogens with zero attached hydrogens (tertiary/aromatic N) is 1. The minimum atomic E-state index is -0.833. The summed E-state index contributed by atoms with van der Waals surface area (Å²) in [6, 6.07) is 0. The largest absolute Gasteiger partial charge is 0.466 e. The predicted molar refractivity (Wildman–Crippen MR) is 163 cm³/mol. The van der Waals surface area contributed by atoms with Gasteiger partial charge in [-0.25, -0.2) is 0 Å². The molecular weight excluding hydrogens is 502 g/mol. The van der Waals surface area contributed by atoms with Crippen molar-refractivity contribution in [1.29, 1.82) is 0 Å². The van der Waals surface area contributed by atoms with Gasteiger partial charge in [0.2, 0.25) is 0 Å². The number of rotatable bonds is 26. The maximum atomic E-state index is 12.7. The molecule has 7 heteroatoms. The minimum absolute atomic E-state index is 0.0989. The van der Waals surface area contributed by atoms with E-state index in [9.17, 15) is 9.59 Å². The van der Waals surface area contributed by atoms with Gasteiger partial charge in [-0.3, -0.25) is 9.59 Å². The van der Waals surface area contributed by atoms with Crippen molar-refractivity contribution in [2.45, 2.75) is 149 Å². The third-order valence-electron chi connectivity index (χ3n) is 6.78. The molecule has 0 aromatic rings. The van der Waals surface area contributed by atoms with Crippen molar-refractivity contribution in [3.63, 3.8) is 0 Å². The Labute approximate surface area is 239 Å². The zero-order valence-corrected chi connectivity index (χ0v) is 26.0. The number of thiol groups is 1. The van der Waals surface area contributed by atoms with Gasteiger partial charge in [-0.05, 0) is 12.8 Å². The van der Waals surface area contributed by atoms with Crippen LogP contribution in [0.4, 0.5) is 0 Å². The molecule has 0 heterocycles. The van der Waals surface area contributed by atoms with Crippen LogP contribution in [-0.4, -0.2) is 41.5 Å². The molecule has 0 aliphatic rings. The molecule has 5 nitrogen and oxygen atoms in total. The lowest BCUT2D eigenvalue weighted by molar-refractivity contribution is -0.153. The number of ether oxygens (including phenoxy) is 2. The highest BCUT2D eigenvalue weighted by Gasteiger charge is 2.30. The average molecular weight is 560 g/mol. The molecule has 0 N–H and O–H groups in total. The number of unbranched alkanes of at least 4 members (excludes halogenated alkanes) is 18. The quantitative estimate of drug-likeness (QED) is 0.0494. The summed E-state index contributed by atoms with van der Waals surface area (Å²) >= 11 is 9.57. The fourth-order valence-electron chi connectivity index (χ4n) is 4.36. The second kappa shape index (κ2) is 26.8. The van der Waals surface area contributed by atoms with E-state index in [1.807, 2.05) is 0 Å². The van der Waals surface area contributed by atoms with Gasteiger partial charge in [0, 0.05) is 7.05 Å². The SMILES string of the molecule is CCCCCCCCCCCCOC(=O)CC(C(=O)OCCCCCCCCCCCC)C(=S)N(C)S. The van der Waals surface area contributed by atoms with E-state index in [-0.39, 0.29) is 11.4 Å². The number of hydrogen-bond acceptors (Lipinski definition) is 6. The molecule has 0 saturated heterocycles. The Morgan fingerprint density at radius 2 is 1.00 bits per heavy atom. The van der Waals surface area contributed by atoms with Crippen molar-refractivity contribution in [2.75, 3.05) is 20.3 Å². The van der Waals surface area contributed by atoms with Crippen LogP contribution < -0.4 is 0 Å². The summed E-state index contributed by atoms with van der Waals surface area (Å²) in [7, 11) is 1.66. The van der Waals surface area contributed by atoms with Gasteiger partial charge in [0.15, 0.2) is 0 Å². The van der Waals surface area contributed by atoms with Gasteiger partial charge in [-0.1, -0.05) is 154 Å². The van der Waals surface area contributed by atoms with Gasteiger partial charge in [0.25, 0.3) is 0 Å². The zero-order valence-electron chi connectivity index (χ0n) is 24.3. The van der Waals surface area contributed by atoms with Crippen LogP contribution in [0.3, 0.4) is 0 Å². The van der Waals surface area contributed by atoms with Gasteiger partial charge in [-0.15, -0.1) is 0 Å². The number of esters is 2. The lowest BCUT2D eigenvalue weighted by atomic mass is 10.1. The first-order chi connectivity index (χ1) is 17.9. The predicted octanol–water partition coefficient (Wildman–Crippen LogP) is 9.02. The number of carbonyl (C=O) groups is 2. The third-order valence-corrected chi connectivity index (χ3v) is 7.68. The maximum absolute atomic E-state index is 12.7. The topological polar surface area (TPSA) is 55.8 Å². The fourth-order valence-corrected chi connectivity index (χ4v) is 4.68. The molecule has 0 aliphatic heterocycles. The number of hydrogen-bond donors (Lipinski definition) is 1. The summed E-state index contributed by atoms with van der Waals surface area (Å²) < 4.78 is 12.3. The van der Waals surface area contributed by atoms with Crippen LogP contribution in [-0.2, 0) is 19.1 Å². The van der Waals surface area contributed by atoms with E-state index in [1.54, 1.807) is 7.05 Å². The van der Waals surface area contributed by atoms with Crippen LogP contribution in [0.15, 0.2) is 0 Å². The minimum Gasteiger partial charge on any atom is -0.466 e. The van der Waals surface area contributed by atoms with Crippen molar-refractivity contribution < 1.29 is 19.1 Å². The second-order valence-corrected chi connectivity index (χ2v) is 11.4. The summed E-state index contributed by atoms with van der Waals surface area (Å²) in [6.45, 7) is 5.23. The number of thiocarbonyl (C=S) groups is 1. The van der Waals surface area contributed by atoms with E-state index in [4.69, 9.17) is 21.7 Å². The van der Waals surface area contributed by atoms with E-state index in [2.05, 4.69) is 26.7 Å². The lowest BCUT2D eigenvalue weighted by Gasteiger charge is -2.21. The Bertz CT molecular complexity index is 572. The highest BCUT2D eigenvalue weighted by atomic mass is 32.1. The normalized spacial score (nSPS) is 11.8. The third kappa shape index (κ3) is 22.8. The highest BCUT2D eigenvalue weighted by Crippen LogP contribution is 2.16. The van der Waals surface area contributed by atoms with Gasteiger partial charge < -0.3 is 13.8 Å². The molecular formula is C30H57NO4S2. The van der Waals surface area contributed by atoms with Crippen LogP contribution >= 0.6 is 25.0 Å². The molecule has 0 aromatic carbocycles. The Morgan fingerprint density at radius 3 is 1.38 bits per heavy atom. The van der Waals surface area contributed by atoms with Crippen LogP contribution in [0.25, 0.3) is 0 Å². The first kappa shape index (κ1) is 36.2. The summed E-state index contributed by atoms with van der Waals surface area (Å²) in [5.41, 5.74) is 0. The molecule has 218 valence electrons. The Morgan fingerprint density at radius 1 is 0.649 bits per heavy atom. The molecule has 0 bridgehead atoms. The van der Waals surface area contributed by atoms with Crippen LogP contribution in [0.1, 0.15) is 149 Å². The maximum Gasteiger partial charge on any atom is 0.316 e. The molecule has 0 spiro atoms. The van der Waals surface area contributed by atoms with E-state index in [0.717, 1.165) is 32.1 Å². The lowest BCUT2D eigenvalue weighted by Crippen LogP contribution is -2.34. The monoisotopic (exact) mass is 559 g/mol. The van der Waals surface area contributed by atoms with Crippen molar-refractivity contribution in [3.05, 3.63) is 0 Å². The van der Waals surface area contributed by atoms with Gasteiger partial charge >= 0.3 is 11.9 Å². The van der Waals surface area contributed by atoms with E-state index < -0.39 is 17.9 Å². The molecule has 0 aliphatic carbocycles.